The van der Waals surface area contributed by atoms with Crippen molar-refractivity contribution in [3.8, 4) is 5.69 Å². The van der Waals surface area contributed by atoms with Gasteiger partial charge in [0.15, 0.2) is 5.16 Å². The Morgan fingerprint density at radius 1 is 0.903 bits per heavy atom. The number of carbonyl (C=O) groups excluding carboxylic acids is 2. The van der Waals surface area contributed by atoms with Gasteiger partial charge in [0.1, 0.15) is 0 Å². The Bertz CT molecular complexity index is 1100. The predicted molar refractivity (Wildman–Crippen MR) is 120 cm³/mol. The van der Waals surface area contributed by atoms with E-state index in [4.69, 9.17) is 0 Å². The molecule has 7 nitrogen and oxygen atoms in total. The number of carbonyl (C=O) groups is 2. The zero-order valence-corrected chi connectivity index (χ0v) is 18.1. The summed E-state index contributed by atoms with van der Waals surface area (Å²) in [7, 11) is 0. The Morgan fingerprint density at radius 3 is 2.19 bits per heavy atom. The third-order valence-corrected chi connectivity index (χ3v) is 6.63. The minimum absolute atomic E-state index is 0.223. The lowest BCUT2D eigenvalue weighted by Crippen LogP contribution is -2.31. The van der Waals surface area contributed by atoms with Crippen LogP contribution < -0.4 is 4.90 Å². The van der Waals surface area contributed by atoms with E-state index in [0.29, 0.717) is 23.4 Å². The average Bonchev–Trinajstić information content (AvgIpc) is 3.50. The van der Waals surface area contributed by atoms with Crippen LogP contribution in [0.2, 0.25) is 0 Å². The first-order chi connectivity index (χ1) is 15.1. The van der Waals surface area contributed by atoms with Gasteiger partial charge in [0.2, 0.25) is 5.95 Å². The largest absolute Gasteiger partial charge is 0.341 e. The maximum atomic E-state index is 12.6. The van der Waals surface area contributed by atoms with E-state index in [1.54, 1.807) is 24.3 Å². The maximum absolute atomic E-state index is 12.6. The Morgan fingerprint density at radius 2 is 1.55 bits per heavy atom. The molecule has 5 rings (SSSR count). The smallest absolute Gasteiger partial charge is 0.261 e. The number of imide groups is 1. The van der Waals surface area contributed by atoms with Gasteiger partial charge in [-0.3, -0.25) is 19.1 Å². The van der Waals surface area contributed by atoms with Gasteiger partial charge in [0, 0.05) is 25.4 Å². The molecule has 0 saturated carbocycles. The first kappa shape index (κ1) is 19.8. The van der Waals surface area contributed by atoms with Crippen LogP contribution in [-0.4, -0.2) is 56.9 Å². The Labute approximate surface area is 185 Å². The number of hydrogen-bond acceptors (Lipinski definition) is 6. The minimum atomic E-state index is -0.223. The molecule has 0 radical (unpaired) electrons. The summed E-state index contributed by atoms with van der Waals surface area (Å²) in [5.74, 6) is 0.956. The number of hydrogen-bond donors (Lipinski definition) is 0. The molecule has 0 unspecified atom stereocenters. The number of amides is 2. The summed E-state index contributed by atoms with van der Waals surface area (Å²) in [6.07, 6.45) is 2.31. The molecule has 2 amide bonds. The van der Waals surface area contributed by atoms with Crippen LogP contribution in [0.25, 0.3) is 5.69 Å². The van der Waals surface area contributed by atoms with E-state index in [1.165, 1.54) is 22.2 Å². The molecule has 0 aliphatic carbocycles. The minimum Gasteiger partial charge on any atom is -0.341 e. The molecule has 31 heavy (non-hydrogen) atoms. The lowest BCUT2D eigenvalue weighted by atomic mass is 10.1. The van der Waals surface area contributed by atoms with Gasteiger partial charge in [-0.15, -0.1) is 10.2 Å². The summed E-state index contributed by atoms with van der Waals surface area (Å²) in [5, 5.41) is 9.69. The highest BCUT2D eigenvalue weighted by Gasteiger charge is 2.34. The van der Waals surface area contributed by atoms with Crippen molar-refractivity contribution in [1.29, 1.82) is 0 Å². The van der Waals surface area contributed by atoms with Gasteiger partial charge in [-0.1, -0.05) is 41.6 Å². The molecule has 1 aromatic heterocycles. The van der Waals surface area contributed by atoms with Gasteiger partial charge in [0.25, 0.3) is 11.8 Å². The van der Waals surface area contributed by atoms with Crippen molar-refractivity contribution < 1.29 is 9.59 Å². The highest BCUT2D eigenvalue weighted by atomic mass is 32.2. The Hall–Kier alpha value is -3.13. The molecule has 2 aliphatic rings. The van der Waals surface area contributed by atoms with Crippen molar-refractivity contribution in [3.63, 3.8) is 0 Å². The van der Waals surface area contributed by atoms with Crippen LogP contribution in [0.5, 0.6) is 0 Å². The molecule has 0 spiro atoms. The van der Waals surface area contributed by atoms with E-state index in [9.17, 15) is 9.59 Å². The second-order valence-electron chi connectivity index (χ2n) is 7.80. The van der Waals surface area contributed by atoms with Gasteiger partial charge in [-0.2, -0.15) is 0 Å². The fourth-order valence-electron chi connectivity index (χ4n) is 4.07. The number of aromatic nitrogens is 3. The number of benzene rings is 2. The second kappa shape index (κ2) is 8.19. The molecule has 1 saturated heterocycles. The molecule has 0 atom stereocenters. The molecular formula is C23H23N5O2S. The summed E-state index contributed by atoms with van der Waals surface area (Å²) in [5.41, 5.74) is 3.17. The van der Waals surface area contributed by atoms with Gasteiger partial charge in [0.05, 0.1) is 16.8 Å². The zero-order valence-electron chi connectivity index (χ0n) is 17.3. The first-order valence-electron chi connectivity index (χ1n) is 10.5. The lowest BCUT2D eigenvalue weighted by Gasteiger charge is -2.19. The Kier molecular flexibility index (Phi) is 5.23. The molecule has 158 valence electrons. The van der Waals surface area contributed by atoms with Crippen LogP contribution >= 0.6 is 11.8 Å². The van der Waals surface area contributed by atoms with Gasteiger partial charge in [-0.05, 0) is 44.0 Å². The molecular weight excluding hydrogens is 410 g/mol. The first-order valence-corrected chi connectivity index (χ1v) is 11.5. The van der Waals surface area contributed by atoms with E-state index >= 15 is 0 Å². The number of aryl methyl sites for hydroxylation is 1. The number of thioether (sulfide) groups is 1. The van der Waals surface area contributed by atoms with Crippen LogP contribution in [0.3, 0.4) is 0 Å². The van der Waals surface area contributed by atoms with Crippen LogP contribution in [0.4, 0.5) is 5.95 Å². The van der Waals surface area contributed by atoms with E-state index < -0.39 is 0 Å². The van der Waals surface area contributed by atoms with Crippen molar-refractivity contribution in [1.82, 2.24) is 19.7 Å². The van der Waals surface area contributed by atoms with E-state index in [1.807, 2.05) is 0 Å². The van der Waals surface area contributed by atoms with Crippen molar-refractivity contribution in [3.05, 3.63) is 65.2 Å². The van der Waals surface area contributed by atoms with Crippen LogP contribution in [0.15, 0.2) is 53.7 Å². The van der Waals surface area contributed by atoms with Crippen LogP contribution in [-0.2, 0) is 0 Å². The number of anilines is 1. The number of rotatable bonds is 6. The van der Waals surface area contributed by atoms with Crippen molar-refractivity contribution in [2.75, 3.05) is 30.3 Å². The quantitative estimate of drug-likeness (QED) is 0.437. The average molecular weight is 434 g/mol. The summed E-state index contributed by atoms with van der Waals surface area (Å²) < 4.78 is 2.08. The molecule has 2 aromatic carbocycles. The van der Waals surface area contributed by atoms with Gasteiger partial charge < -0.3 is 4.90 Å². The third kappa shape index (κ3) is 3.61. The Balaban J connectivity index is 1.36. The highest BCUT2D eigenvalue weighted by Crippen LogP contribution is 2.29. The van der Waals surface area contributed by atoms with Crippen LogP contribution in [0.1, 0.15) is 39.1 Å². The molecule has 1 fully saturated rings. The summed E-state index contributed by atoms with van der Waals surface area (Å²) in [4.78, 5) is 28.8. The normalized spacial score (nSPS) is 15.8. The predicted octanol–water partition coefficient (Wildman–Crippen LogP) is 3.56. The van der Waals surface area contributed by atoms with Gasteiger partial charge in [-0.25, -0.2) is 0 Å². The van der Waals surface area contributed by atoms with E-state index in [0.717, 1.165) is 42.7 Å². The summed E-state index contributed by atoms with van der Waals surface area (Å²) in [6, 6.07) is 15.3. The highest BCUT2D eigenvalue weighted by molar-refractivity contribution is 7.99. The molecule has 3 heterocycles. The zero-order chi connectivity index (χ0) is 21.4. The van der Waals surface area contributed by atoms with E-state index in [-0.39, 0.29) is 11.8 Å². The molecule has 0 bridgehead atoms. The fourth-order valence-corrected chi connectivity index (χ4v) is 4.94. The van der Waals surface area contributed by atoms with Crippen molar-refractivity contribution in [2.24, 2.45) is 0 Å². The van der Waals surface area contributed by atoms with E-state index in [2.05, 4.69) is 50.9 Å². The summed E-state index contributed by atoms with van der Waals surface area (Å²) in [6.45, 7) is 4.35. The number of fused-ring (bicyclic) bond motifs is 1. The number of nitrogens with zero attached hydrogens (tertiary/aromatic N) is 5. The summed E-state index contributed by atoms with van der Waals surface area (Å²) >= 11 is 1.51. The van der Waals surface area contributed by atoms with Crippen LogP contribution in [0, 0.1) is 6.92 Å². The van der Waals surface area contributed by atoms with Gasteiger partial charge >= 0.3 is 0 Å². The second-order valence-corrected chi connectivity index (χ2v) is 8.87. The monoisotopic (exact) mass is 433 g/mol. The van der Waals surface area contributed by atoms with Crippen molar-refractivity contribution in [2.45, 2.75) is 24.9 Å². The lowest BCUT2D eigenvalue weighted by molar-refractivity contribution is 0.0664. The van der Waals surface area contributed by atoms with Crippen molar-refractivity contribution >= 4 is 29.5 Å². The topological polar surface area (TPSA) is 71.3 Å². The third-order valence-electron chi connectivity index (χ3n) is 5.72. The molecule has 2 aliphatic heterocycles. The molecule has 3 aromatic rings. The maximum Gasteiger partial charge on any atom is 0.261 e. The standard InChI is InChI=1S/C23H23N5O2S/c1-16-8-10-17(11-9-16)28-22(26-12-4-5-13-26)24-25-23(28)31-15-14-27-20(29)18-6-2-3-7-19(18)21(27)30/h2-3,6-11H,4-5,12-15H2,1H3. The molecule has 8 heteroatoms. The molecule has 0 N–H and O–H groups in total. The SMILES string of the molecule is Cc1ccc(-n2c(SCCN3C(=O)c4ccccc4C3=O)nnc2N2CCCC2)cc1. The fraction of sp³-hybridized carbons (Fsp3) is 0.304.